The molecule has 1 atom stereocenters. The van der Waals surface area contributed by atoms with Gasteiger partial charge in [-0.1, -0.05) is 19.3 Å². The van der Waals surface area contributed by atoms with Gasteiger partial charge in [-0.3, -0.25) is 9.80 Å². The van der Waals surface area contributed by atoms with Crippen molar-refractivity contribution >= 4 is 0 Å². The molecule has 0 aromatic heterocycles. The molecule has 0 amide bonds. The molecule has 3 rings (SSSR count). The maximum absolute atomic E-state index is 3.75. The van der Waals surface area contributed by atoms with Crippen LogP contribution in [0.5, 0.6) is 0 Å². The van der Waals surface area contributed by atoms with Crippen LogP contribution in [0.1, 0.15) is 51.9 Å². The van der Waals surface area contributed by atoms with Crippen molar-refractivity contribution in [3.05, 3.63) is 0 Å². The van der Waals surface area contributed by atoms with Crippen molar-refractivity contribution in [1.82, 2.24) is 15.1 Å². The largest absolute Gasteiger partial charge is 0.310 e. The summed E-state index contributed by atoms with van der Waals surface area (Å²) in [7, 11) is 0. The molecule has 0 bridgehead atoms. The summed E-state index contributed by atoms with van der Waals surface area (Å²) in [5.41, 5.74) is 0.383. The fraction of sp³-hybridized carbons (Fsp3) is 1.00. The smallest absolute Gasteiger partial charge is 0.0280 e. The van der Waals surface area contributed by atoms with Crippen molar-refractivity contribution in [2.45, 2.75) is 63.5 Å². The highest BCUT2D eigenvalue weighted by molar-refractivity contribution is 4.91. The minimum atomic E-state index is 0.383. The Bertz CT molecular complexity index is 272. The van der Waals surface area contributed by atoms with Crippen LogP contribution in [0.15, 0.2) is 0 Å². The monoisotopic (exact) mass is 265 g/mol. The van der Waals surface area contributed by atoms with Gasteiger partial charge in [-0.25, -0.2) is 0 Å². The van der Waals surface area contributed by atoms with Crippen LogP contribution >= 0.6 is 0 Å². The first kappa shape index (κ1) is 13.8. The summed E-state index contributed by atoms with van der Waals surface area (Å²) >= 11 is 0. The predicted molar refractivity (Wildman–Crippen MR) is 80.5 cm³/mol. The third kappa shape index (κ3) is 3.50. The Balaban J connectivity index is 1.44. The third-order valence-electron chi connectivity index (χ3n) is 5.53. The second-order valence-corrected chi connectivity index (χ2v) is 7.19. The zero-order valence-corrected chi connectivity index (χ0v) is 12.7. The second-order valence-electron chi connectivity index (χ2n) is 7.19. The zero-order chi connectivity index (χ0) is 13.1. The summed E-state index contributed by atoms with van der Waals surface area (Å²) < 4.78 is 0. The minimum Gasteiger partial charge on any atom is -0.310 e. The maximum Gasteiger partial charge on any atom is 0.0280 e. The molecule has 2 heterocycles. The van der Waals surface area contributed by atoms with E-state index in [1.807, 2.05) is 0 Å². The van der Waals surface area contributed by atoms with Crippen LogP contribution in [0, 0.1) is 0 Å². The molecule has 0 spiro atoms. The molecule has 19 heavy (non-hydrogen) atoms. The van der Waals surface area contributed by atoms with Gasteiger partial charge in [0.15, 0.2) is 0 Å². The molecule has 1 N–H and O–H groups in total. The highest BCUT2D eigenvalue weighted by atomic mass is 15.3. The molecule has 2 aliphatic heterocycles. The second kappa shape index (κ2) is 6.11. The van der Waals surface area contributed by atoms with Gasteiger partial charge in [0.05, 0.1) is 0 Å². The van der Waals surface area contributed by atoms with Gasteiger partial charge in [-0.2, -0.15) is 0 Å². The summed E-state index contributed by atoms with van der Waals surface area (Å²) in [4.78, 5) is 5.46. The van der Waals surface area contributed by atoms with Gasteiger partial charge in [0, 0.05) is 44.3 Å². The van der Waals surface area contributed by atoms with Crippen molar-refractivity contribution in [2.75, 3.05) is 39.3 Å². The van der Waals surface area contributed by atoms with Crippen molar-refractivity contribution in [3.63, 3.8) is 0 Å². The molecule has 3 aliphatic rings. The van der Waals surface area contributed by atoms with Crippen molar-refractivity contribution in [1.29, 1.82) is 0 Å². The number of hydrogen-bond acceptors (Lipinski definition) is 3. The lowest BCUT2D eigenvalue weighted by Gasteiger charge is -2.43. The average Bonchev–Trinajstić information content (AvgIpc) is 2.94. The Morgan fingerprint density at radius 1 is 1.00 bits per heavy atom. The van der Waals surface area contributed by atoms with E-state index >= 15 is 0 Å². The Kier molecular flexibility index (Phi) is 4.45. The van der Waals surface area contributed by atoms with Crippen LogP contribution in [0.2, 0.25) is 0 Å². The summed E-state index contributed by atoms with van der Waals surface area (Å²) in [6, 6.07) is 0.922. The molecular weight excluding hydrogens is 234 g/mol. The molecule has 0 radical (unpaired) electrons. The van der Waals surface area contributed by atoms with E-state index in [1.165, 1.54) is 84.2 Å². The highest BCUT2D eigenvalue weighted by Crippen LogP contribution is 2.25. The lowest BCUT2D eigenvalue weighted by molar-refractivity contribution is 0.0728. The fourth-order valence-electron chi connectivity index (χ4n) is 4.30. The van der Waals surface area contributed by atoms with Crippen LogP contribution < -0.4 is 5.32 Å². The quantitative estimate of drug-likeness (QED) is 0.843. The van der Waals surface area contributed by atoms with E-state index in [1.54, 1.807) is 0 Å². The fourth-order valence-corrected chi connectivity index (χ4v) is 4.30. The van der Waals surface area contributed by atoms with Gasteiger partial charge >= 0.3 is 0 Å². The van der Waals surface area contributed by atoms with E-state index < -0.39 is 0 Å². The van der Waals surface area contributed by atoms with Crippen LogP contribution in [0.4, 0.5) is 0 Å². The SMILES string of the molecule is CC1(CN2CCN(C3CCCC3)CC2)CCCCN1. The van der Waals surface area contributed by atoms with Gasteiger partial charge in [0.25, 0.3) is 0 Å². The molecule has 110 valence electrons. The zero-order valence-electron chi connectivity index (χ0n) is 12.7. The summed E-state index contributed by atoms with van der Waals surface area (Å²) in [5.74, 6) is 0. The Morgan fingerprint density at radius 2 is 1.74 bits per heavy atom. The normalized spacial score (nSPS) is 35.8. The van der Waals surface area contributed by atoms with E-state index in [4.69, 9.17) is 0 Å². The lowest BCUT2D eigenvalue weighted by Crippen LogP contribution is -2.58. The third-order valence-corrected chi connectivity index (χ3v) is 5.53. The number of piperazine rings is 1. The molecule has 3 fully saturated rings. The van der Waals surface area contributed by atoms with E-state index in [0.29, 0.717) is 5.54 Å². The van der Waals surface area contributed by atoms with Crippen LogP contribution in [0.3, 0.4) is 0 Å². The van der Waals surface area contributed by atoms with Crippen LogP contribution in [-0.4, -0.2) is 60.6 Å². The first-order chi connectivity index (χ1) is 9.25. The number of rotatable bonds is 3. The number of nitrogens with zero attached hydrogens (tertiary/aromatic N) is 2. The minimum absolute atomic E-state index is 0.383. The summed E-state index contributed by atoms with van der Waals surface area (Å²) in [5, 5.41) is 3.75. The molecule has 2 saturated heterocycles. The van der Waals surface area contributed by atoms with Crippen LogP contribution in [0.25, 0.3) is 0 Å². The number of nitrogens with one attached hydrogen (secondary N) is 1. The number of hydrogen-bond donors (Lipinski definition) is 1. The van der Waals surface area contributed by atoms with E-state index in [-0.39, 0.29) is 0 Å². The van der Waals surface area contributed by atoms with Gasteiger partial charge in [-0.15, -0.1) is 0 Å². The van der Waals surface area contributed by atoms with Gasteiger partial charge in [-0.05, 0) is 39.2 Å². The Morgan fingerprint density at radius 3 is 2.37 bits per heavy atom. The first-order valence-electron chi connectivity index (χ1n) is 8.47. The molecule has 1 unspecified atom stereocenters. The van der Waals surface area contributed by atoms with Crippen molar-refractivity contribution in [2.24, 2.45) is 0 Å². The van der Waals surface area contributed by atoms with Crippen LogP contribution in [-0.2, 0) is 0 Å². The molecule has 3 nitrogen and oxygen atoms in total. The Labute approximate surface area is 118 Å². The molecular formula is C16H31N3. The van der Waals surface area contributed by atoms with Crippen molar-refractivity contribution in [3.8, 4) is 0 Å². The van der Waals surface area contributed by atoms with Gasteiger partial charge in [0.2, 0.25) is 0 Å². The molecule has 1 aliphatic carbocycles. The highest BCUT2D eigenvalue weighted by Gasteiger charge is 2.31. The number of piperidine rings is 1. The Hall–Kier alpha value is -0.120. The predicted octanol–water partition coefficient (Wildman–Crippen LogP) is 2.08. The molecule has 1 saturated carbocycles. The molecule has 3 heteroatoms. The topological polar surface area (TPSA) is 18.5 Å². The standard InChI is InChI=1S/C16H31N3/c1-16(8-4-5-9-17-16)14-18-10-12-19(13-11-18)15-6-2-3-7-15/h15,17H,2-14H2,1H3. The summed E-state index contributed by atoms with van der Waals surface area (Å²) in [6.45, 7) is 10.1. The molecule has 0 aromatic carbocycles. The van der Waals surface area contributed by atoms with E-state index in [9.17, 15) is 0 Å². The van der Waals surface area contributed by atoms with E-state index in [0.717, 1.165) is 6.04 Å². The van der Waals surface area contributed by atoms with E-state index in [2.05, 4.69) is 22.0 Å². The van der Waals surface area contributed by atoms with Gasteiger partial charge in [0.1, 0.15) is 0 Å². The summed E-state index contributed by atoms with van der Waals surface area (Å²) in [6.07, 6.45) is 9.98. The first-order valence-corrected chi connectivity index (χ1v) is 8.47. The maximum atomic E-state index is 3.75. The van der Waals surface area contributed by atoms with Crippen molar-refractivity contribution < 1.29 is 0 Å². The average molecular weight is 265 g/mol. The van der Waals surface area contributed by atoms with Gasteiger partial charge < -0.3 is 5.32 Å². The lowest BCUT2D eigenvalue weighted by atomic mass is 9.90. The molecule has 0 aromatic rings.